The molecule has 0 spiro atoms. The van der Waals surface area contributed by atoms with E-state index >= 15 is 0 Å². The van der Waals surface area contributed by atoms with E-state index < -0.39 is 0 Å². The van der Waals surface area contributed by atoms with Gasteiger partial charge in [-0.05, 0) is 73.7 Å². The molecule has 23 heavy (non-hydrogen) atoms. The molecule has 3 nitrogen and oxygen atoms in total. The van der Waals surface area contributed by atoms with Crippen LogP contribution in [0.4, 0.5) is 10.5 Å². The Morgan fingerprint density at radius 2 is 1.65 bits per heavy atom. The van der Waals surface area contributed by atoms with Crippen molar-refractivity contribution in [3.63, 3.8) is 0 Å². The first kappa shape index (κ1) is 17.1. The zero-order valence-corrected chi connectivity index (χ0v) is 14.6. The number of anilines is 1. The molecule has 0 saturated carbocycles. The summed E-state index contributed by atoms with van der Waals surface area (Å²) < 4.78 is 0. The van der Waals surface area contributed by atoms with E-state index in [9.17, 15) is 4.79 Å². The second-order valence-electron chi connectivity index (χ2n) is 5.61. The monoisotopic (exact) mass is 328 g/mol. The molecule has 2 rings (SSSR count). The highest BCUT2D eigenvalue weighted by Crippen LogP contribution is 2.24. The zero-order chi connectivity index (χ0) is 17.0. The van der Waals surface area contributed by atoms with Gasteiger partial charge >= 0.3 is 6.03 Å². The normalized spacial score (nSPS) is 11.3. The van der Waals surface area contributed by atoms with Gasteiger partial charge in [-0.15, -0.1) is 0 Å². The van der Waals surface area contributed by atoms with Gasteiger partial charge in [0.1, 0.15) is 5.16 Å². The third kappa shape index (κ3) is 4.36. The molecule has 0 aliphatic carbocycles. The number of halogens is 1. The summed E-state index contributed by atoms with van der Waals surface area (Å²) in [6.45, 7) is 8.29. The summed E-state index contributed by atoms with van der Waals surface area (Å²) in [7, 11) is 0. The molecule has 0 bridgehead atoms. The Morgan fingerprint density at radius 1 is 1.00 bits per heavy atom. The Balaban J connectivity index is 2.15. The Bertz CT molecular complexity index is 752. The summed E-state index contributed by atoms with van der Waals surface area (Å²) in [5.41, 5.74) is 6.55. The van der Waals surface area contributed by atoms with Gasteiger partial charge in [0.2, 0.25) is 0 Å². The predicted molar refractivity (Wildman–Crippen MR) is 97.8 cm³/mol. The molecule has 2 aromatic carbocycles. The Hall–Kier alpha value is -2.26. The maximum atomic E-state index is 12.0. The van der Waals surface area contributed by atoms with E-state index in [4.69, 9.17) is 11.6 Å². The van der Waals surface area contributed by atoms with Crippen LogP contribution in [0.5, 0.6) is 0 Å². The molecule has 0 saturated heterocycles. The average Bonchev–Trinajstić information content (AvgIpc) is 2.50. The minimum atomic E-state index is -0.364. The number of urea groups is 1. The van der Waals surface area contributed by atoms with Crippen molar-refractivity contribution in [1.29, 1.82) is 0 Å². The van der Waals surface area contributed by atoms with Crippen LogP contribution < -0.4 is 10.6 Å². The summed E-state index contributed by atoms with van der Waals surface area (Å²) in [6, 6.07) is 11.0. The summed E-state index contributed by atoms with van der Waals surface area (Å²) in [5.74, 6) is 0. The van der Waals surface area contributed by atoms with E-state index in [0.29, 0.717) is 5.69 Å². The van der Waals surface area contributed by atoms with Gasteiger partial charge < -0.3 is 5.32 Å². The van der Waals surface area contributed by atoms with Crippen LogP contribution in [0.3, 0.4) is 0 Å². The SMILES string of the molecule is Cc1cc(C)c(/C=C(\Cl)NC(=O)Nc2ccccc2)c(C)c1C. The van der Waals surface area contributed by atoms with E-state index in [0.717, 1.165) is 11.1 Å². The number of para-hydroxylation sites is 1. The first-order valence-corrected chi connectivity index (χ1v) is 7.84. The molecule has 2 aromatic rings. The second kappa shape index (κ2) is 7.34. The Kier molecular flexibility index (Phi) is 5.45. The standard InChI is InChI=1S/C19H21ClN2O/c1-12-10-13(2)17(15(4)14(12)3)11-18(20)22-19(23)21-16-8-6-5-7-9-16/h5-11H,1-4H3,(H2,21,22,23)/b18-11+. The first-order valence-electron chi connectivity index (χ1n) is 7.46. The van der Waals surface area contributed by atoms with Crippen LogP contribution in [-0.4, -0.2) is 6.03 Å². The number of benzene rings is 2. The number of carbonyl (C=O) groups is 1. The van der Waals surface area contributed by atoms with Crippen molar-refractivity contribution >= 4 is 29.4 Å². The molecule has 4 heteroatoms. The number of amides is 2. The van der Waals surface area contributed by atoms with Crippen molar-refractivity contribution in [3.8, 4) is 0 Å². The lowest BCUT2D eigenvalue weighted by Gasteiger charge is -2.13. The fraction of sp³-hybridized carbons (Fsp3) is 0.211. The van der Waals surface area contributed by atoms with Gasteiger partial charge in [-0.25, -0.2) is 4.79 Å². The highest BCUT2D eigenvalue weighted by Gasteiger charge is 2.08. The number of hydrogen-bond donors (Lipinski definition) is 2. The van der Waals surface area contributed by atoms with Crippen LogP contribution in [0.1, 0.15) is 27.8 Å². The molecule has 0 aromatic heterocycles. The van der Waals surface area contributed by atoms with E-state index in [1.165, 1.54) is 16.7 Å². The minimum Gasteiger partial charge on any atom is -0.308 e. The van der Waals surface area contributed by atoms with Crippen molar-refractivity contribution in [2.45, 2.75) is 27.7 Å². The lowest BCUT2D eigenvalue weighted by molar-refractivity contribution is 0.255. The van der Waals surface area contributed by atoms with E-state index in [1.54, 1.807) is 6.08 Å². The number of aryl methyl sites for hydroxylation is 2. The lowest BCUT2D eigenvalue weighted by Crippen LogP contribution is -2.26. The fourth-order valence-electron chi connectivity index (χ4n) is 2.48. The number of rotatable bonds is 3. The second-order valence-corrected chi connectivity index (χ2v) is 6.02. The quantitative estimate of drug-likeness (QED) is 0.739. The van der Waals surface area contributed by atoms with Gasteiger partial charge in [0.15, 0.2) is 0 Å². The number of carbonyl (C=O) groups excluding carboxylic acids is 1. The summed E-state index contributed by atoms with van der Waals surface area (Å²) in [5, 5.41) is 5.66. The van der Waals surface area contributed by atoms with Crippen LogP contribution in [0, 0.1) is 27.7 Å². The molecule has 0 atom stereocenters. The van der Waals surface area contributed by atoms with Gasteiger partial charge in [0, 0.05) is 5.69 Å². The maximum Gasteiger partial charge on any atom is 0.324 e. The molecule has 2 amide bonds. The lowest BCUT2D eigenvalue weighted by atomic mass is 9.94. The highest BCUT2D eigenvalue weighted by atomic mass is 35.5. The molecule has 0 unspecified atom stereocenters. The average molecular weight is 329 g/mol. The molecule has 0 fully saturated rings. The maximum absolute atomic E-state index is 12.0. The van der Waals surface area contributed by atoms with Crippen LogP contribution in [0.2, 0.25) is 0 Å². The summed E-state index contributed by atoms with van der Waals surface area (Å²) in [6.07, 6.45) is 1.79. The van der Waals surface area contributed by atoms with Crippen molar-refractivity contribution in [1.82, 2.24) is 5.32 Å². The molecular weight excluding hydrogens is 308 g/mol. The van der Waals surface area contributed by atoms with Gasteiger partial charge in [-0.2, -0.15) is 0 Å². The van der Waals surface area contributed by atoms with Crippen LogP contribution in [0.15, 0.2) is 41.6 Å². The molecule has 120 valence electrons. The largest absolute Gasteiger partial charge is 0.324 e. The zero-order valence-electron chi connectivity index (χ0n) is 13.8. The topological polar surface area (TPSA) is 41.1 Å². The number of hydrogen-bond acceptors (Lipinski definition) is 1. The summed E-state index contributed by atoms with van der Waals surface area (Å²) in [4.78, 5) is 12.0. The van der Waals surface area contributed by atoms with Crippen LogP contribution in [0.25, 0.3) is 6.08 Å². The molecule has 0 heterocycles. The fourth-order valence-corrected chi connectivity index (χ4v) is 2.68. The Morgan fingerprint density at radius 3 is 2.30 bits per heavy atom. The van der Waals surface area contributed by atoms with Crippen LogP contribution in [-0.2, 0) is 0 Å². The van der Waals surface area contributed by atoms with Crippen molar-refractivity contribution < 1.29 is 4.79 Å². The third-order valence-corrected chi connectivity index (χ3v) is 4.16. The van der Waals surface area contributed by atoms with E-state index in [2.05, 4.69) is 37.5 Å². The smallest absolute Gasteiger partial charge is 0.308 e. The van der Waals surface area contributed by atoms with Gasteiger partial charge in [0.05, 0.1) is 0 Å². The van der Waals surface area contributed by atoms with Gasteiger partial charge in [0.25, 0.3) is 0 Å². The molecule has 0 radical (unpaired) electrons. The van der Waals surface area contributed by atoms with Gasteiger partial charge in [-0.3, -0.25) is 5.32 Å². The molecular formula is C19H21ClN2O. The minimum absolute atomic E-state index is 0.285. The molecule has 2 N–H and O–H groups in total. The predicted octanol–water partition coefficient (Wildman–Crippen LogP) is 5.28. The highest BCUT2D eigenvalue weighted by molar-refractivity contribution is 6.32. The van der Waals surface area contributed by atoms with E-state index in [-0.39, 0.29) is 11.2 Å². The number of nitrogens with one attached hydrogen (secondary N) is 2. The Labute approximate surface area is 142 Å². The van der Waals surface area contributed by atoms with Crippen molar-refractivity contribution in [2.24, 2.45) is 0 Å². The van der Waals surface area contributed by atoms with Crippen LogP contribution >= 0.6 is 11.6 Å². The summed E-state index contributed by atoms with van der Waals surface area (Å²) >= 11 is 6.20. The van der Waals surface area contributed by atoms with Gasteiger partial charge in [-0.1, -0.05) is 35.9 Å². The molecule has 0 aliphatic heterocycles. The molecule has 0 aliphatic rings. The van der Waals surface area contributed by atoms with E-state index in [1.807, 2.05) is 37.3 Å². The first-order chi connectivity index (χ1) is 10.9. The van der Waals surface area contributed by atoms with Crippen molar-refractivity contribution in [2.75, 3.05) is 5.32 Å². The van der Waals surface area contributed by atoms with Crippen molar-refractivity contribution in [3.05, 3.63) is 69.4 Å². The third-order valence-electron chi connectivity index (χ3n) is 3.95.